The van der Waals surface area contributed by atoms with Crippen molar-refractivity contribution in [3.8, 4) is 0 Å². The quantitative estimate of drug-likeness (QED) is 0.900. The van der Waals surface area contributed by atoms with Crippen LogP contribution in [0.15, 0.2) is 12.4 Å². The fraction of sp³-hybridized carbons (Fsp3) is 0.812. The third-order valence-electron chi connectivity index (χ3n) is 5.71. The molecule has 1 heterocycles. The van der Waals surface area contributed by atoms with Crippen molar-refractivity contribution in [3.05, 3.63) is 18.0 Å². The van der Waals surface area contributed by atoms with Crippen molar-refractivity contribution in [1.82, 2.24) is 15.1 Å². The summed E-state index contributed by atoms with van der Waals surface area (Å²) in [4.78, 5) is 0. The topological polar surface area (TPSA) is 29.9 Å². The molecule has 4 saturated carbocycles. The molecule has 4 bridgehead atoms. The number of hydrogen-bond donors (Lipinski definition) is 1. The van der Waals surface area contributed by atoms with Gasteiger partial charge >= 0.3 is 0 Å². The van der Waals surface area contributed by atoms with Crippen molar-refractivity contribution in [2.75, 3.05) is 6.54 Å². The smallest absolute Gasteiger partial charge is 0.0522 e. The Kier molecular flexibility index (Phi) is 2.73. The van der Waals surface area contributed by atoms with E-state index in [1.807, 2.05) is 17.9 Å². The summed E-state index contributed by atoms with van der Waals surface area (Å²) >= 11 is 0. The number of nitrogens with one attached hydrogen (secondary N) is 1. The summed E-state index contributed by atoms with van der Waals surface area (Å²) in [6, 6.07) is 0. The van der Waals surface area contributed by atoms with Gasteiger partial charge in [-0.15, -0.1) is 0 Å². The minimum Gasteiger partial charge on any atom is -0.311 e. The van der Waals surface area contributed by atoms with Crippen molar-refractivity contribution in [2.24, 2.45) is 24.8 Å². The van der Waals surface area contributed by atoms with Gasteiger partial charge in [0.2, 0.25) is 0 Å². The summed E-state index contributed by atoms with van der Waals surface area (Å²) in [5.41, 5.74) is 1.87. The van der Waals surface area contributed by atoms with Crippen LogP contribution >= 0.6 is 0 Å². The molecule has 3 heteroatoms. The lowest BCUT2D eigenvalue weighted by Crippen LogP contribution is -2.58. The van der Waals surface area contributed by atoms with Crippen molar-refractivity contribution in [3.63, 3.8) is 0 Å². The Morgan fingerprint density at radius 1 is 1.21 bits per heavy atom. The van der Waals surface area contributed by atoms with Crippen molar-refractivity contribution in [2.45, 2.75) is 50.5 Å². The first kappa shape index (κ1) is 12.0. The van der Waals surface area contributed by atoms with Gasteiger partial charge in [0.25, 0.3) is 0 Å². The molecule has 4 fully saturated rings. The van der Waals surface area contributed by atoms with E-state index in [4.69, 9.17) is 0 Å². The second-order valence-corrected chi connectivity index (χ2v) is 7.40. The number of rotatable bonds is 4. The summed E-state index contributed by atoms with van der Waals surface area (Å²) in [7, 11) is 2.00. The highest BCUT2D eigenvalue weighted by Crippen LogP contribution is 2.55. The highest BCUT2D eigenvalue weighted by Gasteiger charge is 2.50. The first-order valence-electron chi connectivity index (χ1n) is 7.93. The number of hydrogen-bond acceptors (Lipinski definition) is 2. The molecule has 1 aromatic heterocycles. The molecule has 4 aliphatic rings. The van der Waals surface area contributed by atoms with Crippen LogP contribution in [0.25, 0.3) is 0 Å². The molecule has 4 aliphatic carbocycles. The van der Waals surface area contributed by atoms with E-state index in [1.54, 1.807) is 0 Å². The predicted octanol–water partition coefficient (Wildman–Crippen LogP) is 2.52. The number of nitrogens with zero attached hydrogens (tertiary/aromatic N) is 2. The van der Waals surface area contributed by atoms with E-state index in [-0.39, 0.29) is 0 Å². The Morgan fingerprint density at radius 2 is 1.84 bits per heavy atom. The highest BCUT2D eigenvalue weighted by molar-refractivity contribution is 5.08. The van der Waals surface area contributed by atoms with Gasteiger partial charge in [0, 0.05) is 18.8 Å². The summed E-state index contributed by atoms with van der Waals surface area (Å²) in [6.45, 7) is 1.12. The molecule has 0 atom stereocenters. The third-order valence-corrected chi connectivity index (χ3v) is 5.71. The molecular weight excluding hydrogens is 234 g/mol. The Morgan fingerprint density at radius 3 is 2.37 bits per heavy atom. The van der Waals surface area contributed by atoms with Gasteiger partial charge in [-0.05, 0) is 74.8 Å². The maximum atomic E-state index is 4.25. The van der Waals surface area contributed by atoms with Gasteiger partial charge in [-0.2, -0.15) is 5.10 Å². The van der Waals surface area contributed by atoms with Gasteiger partial charge in [-0.1, -0.05) is 0 Å². The molecule has 19 heavy (non-hydrogen) atoms. The minimum atomic E-state index is 0.511. The van der Waals surface area contributed by atoms with Crippen molar-refractivity contribution < 1.29 is 0 Å². The second-order valence-electron chi connectivity index (χ2n) is 7.40. The highest BCUT2D eigenvalue weighted by atomic mass is 15.2. The molecule has 104 valence electrons. The van der Waals surface area contributed by atoms with Crippen LogP contribution in [0.2, 0.25) is 0 Å². The van der Waals surface area contributed by atoms with Gasteiger partial charge in [0.05, 0.1) is 6.20 Å². The molecule has 5 rings (SSSR count). The Balaban J connectivity index is 1.37. The number of aryl methyl sites for hydroxylation is 1. The lowest BCUT2D eigenvalue weighted by Gasteiger charge is -2.57. The van der Waals surface area contributed by atoms with Gasteiger partial charge in [-0.3, -0.25) is 4.68 Å². The largest absolute Gasteiger partial charge is 0.311 e. The van der Waals surface area contributed by atoms with E-state index >= 15 is 0 Å². The van der Waals surface area contributed by atoms with Crippen LogP contribution in [-0.2, 0) is 13.5 Å². The average molecular weight is 259 g/mol. The van der Waals surface area contributed by atoms with Gasteiger partial charge in [-0.25, -0.2) is 0 Å². The Bertz CT molecular complexity index is 427. The van der Waals surface area contributed by atoms with E-state index in [2.05, 4.69) is 16.6 Å². The standard InChI is InChI=1S/C16H25N3/c1-19-11-12(10-18-19)2-3-17-16-7-13-4-14(8-16)6-15(5-13)9-16/h10-11,13-15,17H,2-9H2,1H3. The Labute approximate surface area is 115 Å². The fourth-order valence-electron chi connectivity index (χ4n) is 5.40. The van der Waals surface area contributed by atoms with E-state index in [0.29, 0.717) is 5.54 Å². The summed E-state index contributed by atoms with van der Waals surface area (Å²) in [5, 5.41) is 8.20. The van der Waals surface area contributed by atoms with Crippen LogP contribution in [0.5, 0.6) is 0 Å². The zero-order valence-electron chi connectivity index (χ0n) is 11.9. The molecule has 3 nitrogen and oxygen atoms in total. The minimum absolute atomic E-state index is 0.511. The van der Waals surface area contributed by atoms with E-state index < -0.39 is 0 Å². The molecule has 0 spiro atoms. The van der Waals surface area contributed by atoms with Crippen LogP contribution in [-0.4, -0.2) is 21.9 Å². The lowest BCUT2D eigenvalue weighted by atomic mass is 9.53. The second kappa shape index (κ2) is 4.34. The molecule has 0 radical (unpaired) electrons. The van der Waals surface area contributed by atoms with E-state index in [1.165, 1.54) is 44.1 Å². The first-order chi connectivity index (χ1) is 9.21. The maximum Gasteiger partial charge on any atom is 0.0522 e. The van der Waals surface area contributed by atoms with Crippen molar-refractivity contribution >= 4 is 0 Å². The summed E-state index contributed by atoms with van der Waals surface area (Å²) < 4.78 is 1.90. The molecule has 0 amide bonds. The van der Waals surface area contributed by atoms with Crippen LogP contribution in [0.4, 0.5) is 0 Å². The molecule has 0 unspecified atom stereocenters. The molecule has 0 aromatic carbocycles. The number of aromatic nitrogens is 2. The van der Waals surface area contributed by atoms with Crippen molar-refractivity contribution in [1.29, 1.82) is 0 Å². The molecular formula is C16H25N3. The monoisotopic (exact) mass is 259 g/mol. The van der Waals surface area contributed by atoms with E-state index in [9.17, 15) is 0 Å². The van der Waals surface area contributed by atoms with Crippen LogP contribution in [0, 0.1) is 17.8 Å². The average Bonchev–Trinajstić information content (AvgIpc) is 2.73. The molecule has 1 aromatic rings. The zero-order chi connectivity index (χ0) is 12.9. The van der Waals surface area contributed by atoms with Gasteiger partial charge < -0.3 is 5.32 Å². The van der Waals surface area contributed by atoms with Gasteiger partial charge in [0.1, 0.15) is 0 Å². The lowest BCUT2D eigenvalue weighted by molar-refractivity contribution is -0.0192. The normalized spacial score (nSPS) is 39.9. The molecule has 1 N–H and O–H groups in total. The van der Waals surface area contributed by atoms with Crippen LogP contribution in [0.1, 0.15) is 44.1 Å². The third kappa shape index (κ3) is 2.22. The Hall–Kier alpha value is -0.830. The fourth-order valence-corrected chi connectivity index (χ4v) is 5.40. The summed E-state index contributed by atoms with van der Waals surface area (Å²) in [6.07, 6.45) is 14.2. The molecule has 0 saturated heterocycles. The predicted molar refractivity (Wildman–Crippen MR) is 75.8 cm³/mol. The van der Waals surface area contributed by atoms with Gasteiger partial charge in [0.15, 0.2) is 0 Å². The molecule has 0 aliphatic heterocycles. The summed E-state index contributed by atoms with van der Waals surface area (Å²) in [5.74, 6) is 3.12. The van der Waals surface area contributed by atoms with Crippen LogP contribution in [0.3, 0.4) is 0 Å². The van der Waals surface area contributed by atoms with Crippen LogP contribution < -0.4 is 5.32 Å². The SMILES string of the molecule is Cn1cc(CCNC23CC4CC(CC(C4)C2)C3)cn1. The first-order valence-corrected chi connectivity index (χ1v) is 7.93. The zero-order valence-corrected chi connectivity index (χ0v) is 11.9. The maximum absolute atomic E-state index is 4.25. The van der Waals surface area contributed by atoms with E-state index in [0.717, 1.165) is 30.7 Å².